The van der Waals surface area contributed by atoms with E-state index in [1.54, 1.807) is 12.1 Å². The Balaban J connectivity index is 2.41. The summed E-state index contributed by atoms with van der Waals surface area (Å²) in [5.74, 6) is 5.40. The lowest BCUT2D eigenvalue weighted by atomic mass is 10.3. The molecule has 2 amide bonds. The Morgan fingerprint density at radius 3 is 2.85 bits per heavy atom. The summed E-state index contributed by atoms with van der Waals surface area (Å²) >= 11 is 1.29. The highest BCUT2D eigenvalue weighted by atomic mass is 32.1. The highest BCUT2D eigenvalue weighted by Gasteiger charge is 2.08. The molecular weight excluding hydrogens is 276 g/mol. The third-order valence-electron chi connectivity index (χ3n) is 2.29. The summed E-state index contributed by atoms with van der Waals surface area (Å²) < 4.78 is 0. The third-order valence-corrected chi connectivity index (χ3v) is 3.29. The molecule has 0 radical (unpaired) electrons. The van der Waals surface area contributed by atoms with Crippen molar-refractivity contribution in [3.8, 4) is 11.8 Å². The molecule has 108 valence electrons. The van der Waals surface area contributed by atoms with Crippen LogP contribution in [0.5, 0.6) is 0 Å². The van der Waals surface area contributed by atoms with E-state index in [0.717, 1.165) is 4.88 Å². The van der Waals surface area contributed by atoms with Gasteiger partial charge in [0, 0.05) is 25.9 Å². The van der Waals surface area contributed by atoms with Crippen LogP contribution < -0.4 is 10.6 Å². The zero-order chi connectivity index (χ0) is 14.8. The van der Waals surface area contributed by atoms with Crippen molar-refractivity contribution in [3.05, 3.63) is 21.9 Å². The van der Waals surface area contributed by atoms with E-state index in [1.807, 2.05) is 6.92 Å². The first kappa shape index (κ1) is 16.2. The van der Waals surface area contributed by atoms with Crippen molar-refractivity contribution >= 4 is 23.2 Å². The Morgan fingerprint density at radius 2 is 2.15 bits per heavy atom. The number of nitrogens with one attached hydrogen (secondary N) is 2. The van der Waals surface area contributed by atoms with Gasteiger partial charge < -0.3 is 15.7 Å². The summed E-state index contributed by atoms with van der Waals surface area (Å²) in [6.07, 6.45) is 0.695. The molecule has 1 heterocycles. The van der Waals surface area contributed by atoms with Gasteiger partial charge in [0.15, 0.2) is 0 Å². The monoisotopic (exact) mass is 294 g/mol. The second-order valence-electron chi connectivity index (χ2n) is 3.90. The normalized spacial score (nSPS) is 9.50. The third kappa shape index (κ3) is 5.87. The van der Waals surface area contributed by atoms with Gasteiger partial charge in [-0.05, 0) is 19.1 Å². The fourth-order valence-electron chi connectivity index (χ4n) is 1.39. The van der Waals surface area contributed by atoms with Gasteiger partial charge >= 0.3 is 0 Å². The highest BCUT2D eigenvalue weighted by Crippen LogP contribution is 2.15. The van der Waals surface area contributed by atoms with Gasteiger partial charge in [0.2, 0.25) is 5.91 Å². The summed E-state index contributed by atoms with van der Waals surface area (Å²) in [5.41, 5.74) is 0. The maximum atomic E-state index is 11.8. The number of hydrogen-bond acceptors (Lipinski definition) is 4. The number of aliphatic hydroxyl groups excluding tert-OH is 1. The van der Waals surface area contributed by atoms with Gasteiger partial charge in [-0.3, -0.25) is 9.59 Å². The van der Waals surface area contributed by atoms with Gasteiger partial charge in [-0.1, -0.05) is 11.8 Å². The van der Waals surface area contributed by atoms with E-state index in [0.29, 0.717) is 24.4 Å². The molecule has 0 fully saturated rings. The fourth-order valence-corrected chi connectivity index (χ4v) is 2.19. The molecule has 0 saturated carbocycles. The number of carbonyl (C=O) groups is 2. The minimum absolute atomic E-state index is 0.0333. The van der Waals surface area contributed by atoms with Gasteiger partial charge in [0.25, 0.3) is 5.91 Å². The maximum absolute atomic E-state index is 11.8. The molecule has 20 heavy (non-hydrogen) atoms. The highest BCUT2D eigenvalue weighted by molar-refractivity contribution is 7.14. The first-order chi connectivity index (χ1) is 9.67. The van der Waals surface area contributed by atoms with E-state index in [9.17, 15) is 9.59 Å². The largest absolute Gasteiger partial charge is 0.395 e. The fraction of sp³-hybridized carbons (Fsp3) is 0.429. The Hall–Kier alpha value is -1.84. The van der Waals surface area contributed by atoms with Crippen LogP contribution in [0.15, 0.2) is 12.1 Å². The van der Waals surface area contributed by atoms with Crippen LogP contribution in [-0.2, 0) is 4.79 Å². The molecule has 1 aromatic heterocycles. The van der Waals surface area contributed by atoms with Gasteiger partial charge in [-0.25, -0.2) is 0 Å². The van der Waals surface area contributed by atoms with Crippen LogP contribution in [0.1, 0.15) is 34.3 Å². The van der Waals surface area contributed by atoms with Gasteiger partial charge in [-0.15, -0.1) is 11.3 Å². The van der Waals surface area contributed by atoms with Crippen molar-refractivity contribution in [2.45, 2.75) is 19.8 Å². The molecule has 5 nitrogen and oxygen atoms in total. The first-order valence-electron chi connectivity index (χ1n) is 6.41. The summed E-state index contributed by atoms with van der Waals surface area (Å²) in [4.78, 5) is 24.4. The molecule has 0 aliphatic carbocycles. The summed E-state index contributed by atoms with van der Waals surface area (Å²) in [7, 11) is 0. The van der Waals surface area contributed by atoms with E-state index in [1.165, 1.54) is 11.3 Å². The number of amides is 2. The topological polar surface area (TPSA) is 78.4 Å². The summed E-state index contributed by atoms with van der Waals surface area (Å²) in [5, 5.41) is 14.0. The van der Waals surface area contributed by atoms with Crippen molar-refractivity contribution in [2.75, 3.05) is 19.7 Å². The van der Waals surface area contributed by atoms with Crippen LogP contribution in [0.4, 0.5) is 0 Å². The Kier molecular flexibility index (Phi) is 7.40. The number of carbonyl (C=O) groups excluding carboxylic acids is 2. The van der Waals surface area contributed by atoms with Crippen molar-refractivity contribution in [2.24, 2.45) is 0 Å². The average Bonchev–Trinajstić information content (AvgIpc) is 2.88. The lowest BCUT2D eigenvalue weighted by Crippen LogP contribution is -2.30. The molecule has 0 aliphatic heterocycles. The van der Waals surface area contributed by atoms with Crippen LogP contribution in [0.3, 0.4) is 0 Å². The smallest absolute Gasteiger partial charge is 0.261 e. The number of hydrogen-bond donors (Lipinski definition) is 3. The average molecular weight is 294 g/mol. The quantitative estimate of drug-likeness (QED) is 0.677. The van der Waals surface area contributed by atoms with Crippen molar-refractivity contribution in [1.29, 1.82) is 0 Å². The molecule has 1 aromatic rings. The summed E-state index contributed by atoms with van der Waals surface area (Å²) in [6.45, 7) is 2.79. The second-order valence-corrected chi connectivity index (χ2v) is 4.98. The van der Waals surface area contributed by atoms with Crippen LogP contribution >= 0.6 is 11.3 Å². The van der Waals surface area contributed by atoms with Crippen LogP contribution in [0, 0.1) is 11.8 Å². The standard InChI is InChI=1S/C14H18N2O3S/c1-2-15-13(18)8-9-16-14(19)12-7-6-11(20-12)5-3-4-10-17/h6-7,17H,2,4,8-10H2,1H3,(H,15,18)(H,16,19). The Bertz CT molecular complexity index is 514. The molecule has 0 aromatic carbocycles. The van der Waals surface area contributed by atoms with Gasteiger partial charge in [0.1, 0.15) is 0 Å². The number of aliphatic hydroxyl groups is 1. The molecule has 0 unspecified atom stereocenters. The van der Waals surface area contributed by atoms with Crippen LogP contribution in [0.25, 0.3) is 0 Å². The number of thiophene rings is 1. The Morgan fingerprint density at radius 1 is 1.35 bits per heavy atom. The van der Waals surface area contributed by atoms with E-state index in [2.05, 4.69) is 22.5 Å². The van der Waals surface area contributed by atoms with E-state index >= 15 is 0 Å². The molecule has 0 saturated heterocycles. The SMILES string of the molecule is CCNC(=O)CCNC(=O)c1ccc(C#CCCO)s1. The zero-order valence-corrected chi connectivity index (χ0v) is 12.2. The maximum Gasteiger partial charge on any atom is 0.261 e. The molecule has 6 heteroatoms. The van der Waals surface area contributed by atoms with E-state index < -0.39 is 0 Å². The predicted molar refractivity (Wildman–Crippen MR) is 78.5 cm³/mol. The van der Waals surface area contributed by atoms with Crippen LogP contribution in [0.2, 0.25) is 0 Å². The molecule has 0 aliphatic rings. The molecule has 1 rings (SSSR count). The van der Waals surface area contributed by atoms with Crippen molar-refractivity contribution in [3.63, 3.8) is 0 Å². The minimum atomic E-state index is -0.200. The lowest BCUT2D eigenvalue weighted by molar-refractivity contribution is -0.120. The van der Waals surface area contributed by atoms with Gasteiger partial charge in [-0.2, -0.15) is 0 Å². The summed E-state index contributed by atoms with van der Waals surface area (Å²) in [6, 6.07) is 3.48. The second kappa shape index (κ2) is 9.13. The van der Waals surface area contributed by atoms with Crippen molar-refractivity contribution in [1.82, 2.24) is 10.6 Å². The van der Waals surface area contributed by atoms with Gasteiger partial charge in [0.05, 0.1) is 16.4 Å². The predicted octanol–water partition coefficient (Wildman–Crippen LogP) is 0.738. The molecule has 0 atom stereocenters. The molecule has 0 bridgehead atoms. The number of rotatable bonds is 6. The minimum Gasteiger partial charge on any atom is -0.395 e. The lowest BCUT2D eigenvalue weighted by Gasteiger charge is -2.03. The van der Waals surface area contributed by atoms with Crippen LogP contribution in [-0.4, -0.2) is 36.6 Å². The Labute approximate surface area is 122 Å². The molecular formula is C14H18N2O3S. The van der Waals surface area contributed by atoms with E-state index in [-0.39, 0.29) is 24.8 Å². The zero-order valence-electron chi connectivity index (χ0n) is 11.4. The molecule has 0 spiro atoms. The first-order valence-corrected chi connectivity index (χ1v) is 7.23. The van der Waals surface area contributed by atoms with Crippen molar-refractivity contribution < 1.29 is 14.7 Å². The van der Waals surface area contributed by atoms with E-state index in [4.69, 9.17) is 5.11 Å². The molecule has 3 N–H and O–H groups in total.